The molecule has 0 spiro atoms. The minimum absolute atomic E-state index is 0.888. The molecule has 2 N–H and O–H groups in total. The SMILES string of the molecule is c1ccc(-c2cc(Nc3ccc4c(c3)oc3ccccc34)cc(-c3ccccc3)c2)cc1.c1ccc(Cc2ccc3c(c2)-c2cc(-c4ccccc4)ccc2C3)cc1.c1ccc2c(c1)oc1cc(Nc3ccc4c5ccccc5c5ccccc5c4c3)ccc12. The molecule has 1 aliphatic carbocycles. The molecule has 15 aromatic carbocycles. The highest BCUT2D eigenvalue weighted by Crippen LogP contribution is 2.42. The lowest BCUT2D eigenvalue weighted by Gasteiger charge is -2.13. The molecule has 1 aliphatic rings. The van der Waals surface area contributed by atoms with Crippen molar-refractivity contribution in [1.82, 2.24) is 0 Å². The van der Waals surface area contributed by atoms with E-state index in [1.807, 2.05) is 48.5 Å². The highest BCUT2D eigenvalue weighted by molar-refractivity contribution is 6.25. The zero-order valence-corrected chi connectivity index (χ0v) is 49.4. The minimum atomic E-state index is 0.888. The van der Waals surface area contributed by atoms with Crippen molar-refractivity contribution >= 4 is 98.9 Å². The van der Waals surface area contributed by atoms with Crippen LogP contribution >= 0.6 is 0 Å². The predicted octanol–water partition coefficient (Wildman–Crippen LogP) is 24.0. The number of benzene rings is 15. The molecule has 4 heteroatoms. The maximum Gasteiger partial charge on any atom is 0.137 e. The molecule has 0 fully saturated rings. The number of anilines is 4. The van der Waals surface area contributed by atoms with Gasteiger partial charge < -0.3 is 19.5 Å². The van der Waals surface area contributed by atoms with Crippen molar-refractivity contribution in [1.29, 1.82) is 0 Å². The second-order valence-electron chi connectivity index (χ2n) is 23.3. The maximum atomic E-state index is 6.08. The van der Waals surface area contributed by atoms with E-state index >= 15 is 0 Å². The lowest BCUT2D eigenvalue weighted by atomic mass is 9.94. The van der Waals surface area contributed by atoms with Crippen LogP contribution in [0.3, 0.4) is 0 Å². The van der Waals surface area contributed by atoms with Gasteiger partial charge in [-0.05, 0) is 185 Å². The Morgan fingerprint density at radius 1 is 0.222 bits per heavy atom. The van der Waals surface area contributed by atoms with Gasteiger partial charge in [-0.2, -0.15) is 0 Å². The smallest absolute Gasteiger partial charge is 0.137 e. The van der Waals surface area contributed by atoms with Crippen LogP contribution in [0.2, 0.25) is 0 Å². The van der Waals surface area contributed by atoms with E-state index in [2.05, 4.69) is 290 Å². The summed E-state index contributed by atoms with van der Waals surface area (Å²) < 4.78 is 12.1. The van der Waals surface area contributed by atoms with Crippen LogP contribution < -0.4 is 10.6 Å². The monoisotopic (exact) mass is 1150 g/mol. The van der Waals surface area contributed by atoms with Gasteiger partial charge >= 0.3 is 0 Å². The standard InChI is InChI=1S/C30H19NO.C30H21NO.C26H20/c1-2-9-23-21(7-1)22-8-3-4-10-24(22)28-17-19(13-15-25(23)28)31-20-14-16-27-26-11-5-6-12-29(26)32-30(27)18-20;1-3-9-21(10-4-1)23-17-24(22-11-5-2-6-12-22)19-26(18-23)31-25-15-16-28-27-13-7-8-14-29(27)32-30(28)20-25;1-3-7-19(8-4-1)15-20-11-12-23-17-24-14-13-22(18-26(24)25(23)16-20)21-9-5-2-6-10-21/h1-18,31H;1-20,31H;1-14,16,18H,15,17H2. The van der Waals surface area contributed by atoms with Crippen LogP contribution in [-0.2, 0) is 12.8 Å². The van der Waals surface area contributed by atoms with Crippen molar-refractivity contribution in [2.75, 3.05) is 10.6 Å². The molecule has 0 atom stereocenters. The van der Waals surface area contributed by atoms with Crippen LogP contribution in [-0.4, -0.2) is 0 Å². The molecule has 2 aromatic heterocycles. The molecule has 0 unspecified atom stereocenters. The molecule has 0 bridgehead atoms. The van der Waals surface area contributed by atoms with E-state index < -0.39 is 0 Å². The van der Waals surface area contributed by atoms with E-state index in [0.29, 0.717) is 0 Å². The Hall–Kier alpha value is -11.7. The summed E-state index contributed by atoms with van der Waals surface area (Å²) in [6.07, 6.45) is 2.03. The summed E-state index contributed by atoms with van der Waals surface area (Å²) in [5, 5.41) is 19.4. The fourth-order valence-electron chi connectivity index (χ4n) is 13.2. The summed E-state index contributed by atoms with van der Waals surface area (Å²) in [4.78, 5) is 0. The molecule has 0 saturated carbocycles. The van der Waals surface area contributed by atoms with E-state index in [1.165, 1.54) is 99.1 Å². The zero-order chi connectivity index (χ0) is 59.7. The molecule has 17 aromatic rings. The van der Waals surface area contributed by atoms with Crippen LogP contribution in [0.15, 0.2) is 336 Å². The van der Waals surface area contributed by atoms with Crippen molar-refractivity contribution in [3.8, 4) is 44.5 Å². The second-order valence-corrected chi connectivity index (χ2v) is 23.3. The number of para-hydroxylation sites is 2. The third-order valence-corrected chi connectivity index (χ3v) is 17.5. The van der Waals surface area contributed by atoms with Crippen molar-refractivity contribution in [2.24, 2.45) is 0 Å². The molecule has 4 nitrogen and oxygen atoms in total. The molecule has 0 radical (unpaired) electrons. The third-order valence-electron chi connectivity index (χ3n) is 17.5. The molecule has 18 rings (SSSR count). The lowest BCUT2D eigenvalue weighted by molar-refractivity contribution is 0.668. The minimum Gasteiger partial charge on any atom is -0.456 e. The normalized spacial score (nSPS) is 11.6. The van der Waals surface area contributed by atoms with Gasteiger partial charge in [-0.1, -0.05) is 243 Å². The third kappa shape index (κ3) is 10.7. The quantitative estimate of drug-likeness (QED) is 0.141. The van der Waals surface area contributed by atoms with Gasteiger partial charge in [-0.3, -0.25) is 0 Å². The number of rotatable bonds is 9. The Morgan fingerprint density at radius 2 is 0.611 bits per heavy atom. The molecule has 90 heavy (non-hydrogen) atoms. The number of hydrogen-bond acceptors (Lipinski definition) is 4. The van der Waals surface area contributed by atoms with Gasteiger partial charge in [0.2, 0.25) is 0 Å². The van der Waals surface area contributed by atoms with E-state index in [0.717, 1.165) is 79.5 Å². The van der Waals surface area contributed by atoms with Gasteiger partial charge in [-0.25, -0.2) is 0 Å². The highest BCUT2D eigenvalue weighted by Gasteiger charge is 2.20. The molecular weight excluding hydrogens is 1090 g/mol. The Balaban J connectivity index is 0.000000109. The van der Waals surface area contributed by atoms with Gasteiger partial charge in [0.15, 0.2) is 0 Å². The first kappa shape index (κ1) is 53.7. The second kappa shape index (κ2) is 23.5. The summed E-state index contributed by atoms with van der Waals surface area (Å²) in [7, 11) is 0. The number of hydrogen-bond donors (Lipinski definition) is 2. The van der Waals surface area contributed by atoms with Crippen LogP contribution in [0.1, 0.15) is 22.3 Å². The van der Waals surface area contributed by atoms with Crippen molar-refractivity contribution in [2.45, 2.75) is 12.8 Å². The number of furan rings is 2. The van der Waals surface area contributed by atoms with Crippen LogP contribution in [0, 0.1) is 0 Å². The predicted molar refractivity (Wildman–Crippen MR) is 380 cm³/mol. The van der Waals surface area contributed by atoms with Gasteiger partial charge in [0, 0.05) is 56.4 Å². The number of nitrogens with one attached hydrogen (secondary N) is 2. The number of fused-ring (bicyclic) bond motifs is 15. The molecule has 0 amide bonds. The van der Waals surface area contributed by atoms with Crippen molar-refractivity contribution in [3.63, 3.8) is 0 Å². The lowest BCUT2D eigenvalue weighted by Crippen LogP contribution is -1.92. The van der Waals surface area contributed by atoms with Crippen LogP contribution in [0.5, 0.6) is 0 Å². The largest absolute Gasteiger partial charge is 0.456 e. The topological polar surface area (TPSA) is 50.3 Å². The van der Waals surface area contributed by atoms with Crippen LogP contribution in [0.4, 0.5) is 22.7 Å². The van der Waals surface area contributed by atoms with E-state index in [9.17, 15) is 0 Å². The van der Waals surface area contributed by atoms with Crippen molar-refractivity contribution < 1.29 is 8.83 Å². The van der Waals surface area contributed by atoms with Crippen molar-refractivity contribution in [3.05, 3.63) is 350 Å². The fraction of sp³-hybridized carbons (Fsp3) is 0.0233. The molecule has 2 heterocycles. The molecule has 0 saturated heterocycles. The molecular formula is C86H60N2O2. The molecule has 426 valence electrons. The first-order valence-corrected chi connectivity index (χ1v) is 30.9. The van der Waals surface area contributed by atoms with E-state index in [1.54, 1.807) is 0 Å². The summed E-state index contributed by atoms with van der Waals surface area (Å²) in [5.41, 5.74) is 23.5. The zero-order valence-electron chi connectivity index (χ0n) is 49.4. The highest BCUT2D eigenvalue weighted by atomic mass is 16.3. The average Bonchev–Trinajstić information content (AvgIpc) is 1.19. The Kier molecular flexibility index (Phi) is 14.0. The summed E-state index contributed by atoms with van der Waals surface area (Å²) in [5.74, 6) is 0. The first-order valence-electron chi connectivity index (χ1n) is 30.9. The average molecular weight is 1150 g/mol. The van der Waals surface area contributed by atoms with Crippen LogP contribution in [0.25, 0.3) is 121 Å². The summed E-state index contributed by atoms with van der Waals surface area (Å²) in [6, 6.07) is 116. The fourth-order valence-corrected chi connectivity index (χ4v) is 13.2. The van der Waals surface area contributed by atoms with Gasteiger partial charge in [0.1, 0.15) is 22.3 Å². The summed E-state index contributed by atoms with van der Waals surface area (Å²) >= 11 is 0. The first-order chi connectivity index (χ1) is 44.5. The molecule has 0 aliphatic heterocycles. The van der Waals surface area contributed by atoms with Gasteiger partial charge in [-0.15, -0.1) is 0 Å². The van der Waals surface area contributed by atoms with E-state index in [-0.39, 0.29) is 0 Å². The Labute approximate surface area is 522 Å². The Bertz CT molecular complexity index is 5380. The van der Waals surface area contributed by atoms with Gasteiger partial charge in [0.05, 0.1) is 0 Å². The Morgan fingerprint density at radius 3 is 1.14 bits per heavy atom. The maximum absolute atomic E-state index is 6.08. The van der Waals surface area contributed by atoms with E-state index in [4.69, 9.17) is 8.83 Å². The summed E-state index contributed by atoms with van der Waals surface area (Å²) in [6.45, 7) is 0. The van der Waals surface area contributed by atoms with Gasteiger partial charge in [0.25, 0.3) is 0 Å².